The summed E-state index contributed by atoms with van der Waals surface area (Å²) in [5.74, 6) is 0.0294. The molecule has 0 bridgehead atoms. The highest BCUT2D eigenvalue weighted by atomic mass is 35.5. The lowest BCUT2D eigenvalue weighted by Gasteiger charge is -2.36. The van der Waals surface area contributed by atoms with Crippen LogP contribution >= 0.6 is 11.6 Å². The Morgan fingerprint density at radius 2 is 1.88 bits per heavy atom. The molecule has 2 N–H and O–H groups in total. The zero-order chi connectivity index (χ0) is 23.8. The van der Waals surface area contributed by atoms with Gasteiger partial charge in [-0.1, -0.05) is 23.7 Å². The Hall–Kier alpha value is -2.64. The van der Waals surface area contributed by atoms with Crippen molar-refractivity contribution in [3.8, 4) is 5.75 Å². The Morgan fingerprint density at radius 3 is 2.52 bits per heavy atom. The van der Waals surface area contributed by atoms with E-state index in [0.717, 1.165) is 38.1 Å². The minimum absolute atomic E-state index is 0.0300. The SMILES string of the molecule is CC(=O)NCCCOc1ccc(C(C)N2CCC(NC(=O)c3ccc(F)c(Cl)c3)CC2)cc1. The summed E-state index contributed by atoms with van der Waals surface area (Å²) in [4.78, 5) is 25.7. The number of carbonyl (C=O) groups is 2. The zero-order valence-electron chi connectivity index (χ0n) is 19.1. The molecule has 2 aromatic carbocycles. The van der Waals surface area contributed by atoms with Gasteiger partial charge in [0.15, 0.2) is 0 Å². The molecule has 0 saturated carbocycles. The smallest absolute Gasteiger partial charge is 0.251 e. The molecule has 2 amide bonds. The lowest BCUT2D eigenvalue weighted by atomic mass is 9.99. The van der Waals surface area contributed by atoms with E-state index >= 15 is 0 Å². The van der Waals surface area contributed by atoms with Crippen molar-refractivity contribution in [1.82, 2.24) is 15.5 Å². The lowest BCUT2D eigenvalue weighted by Crippen LogP contribution is -2.45. The van der Waals surface area contributed by atoms with E-state index in [1.165, 1.54) is 30.7 Å². The summed E-state index contributed by atoms with van der Waals surface area (Å²) in [6, 6.07) is 12.5. The van der Waals surface area contributed by atoms with E-state index in [9.17, 15) is 14.0 Å². The molecule has 8 heteroatoms. The van der Waals surface area contributed by atoms with E-state index in [0.29, 0.717) is 18.7 Å². The fraction of sp³-hybridized carbons (Fsp3) is 0.440. The molecule has 0 spiro atoms. The molecular formula is C25H31ClFN3O3. The molecule has 0 aromatic heterocycles. The van der Waals surface area contributed by atoms with Gasteiger partial charge in [0.25, 0.3) is 5.91 Å². The number of hydrogen-bond donors (Lipinski definition) is 2. The van der Waals surface area contributed by atoms with Crippen LogP contribution in [0.15, 0.2) is 42.5 Å². The van der Waals surface area contributed by atoms with Crippen LogP contribution in [0.1, 0.15) is 55.1 Å². The van der Waals surface area contributed by atoms with Gasteiger partial charge in [-0.15, -0.1) is 0 Å². The van der Waals surface area contributed by atoms with E-state index in [4.69, 9.17) is 16.3 Å². The average Bonchev–Trinajstić information content (AvgIpc) is 2.81. The molecule has 33 heavy (non-hydrogen) atoms. The Morgan fingerprint density at radius 1 is 1.18 bits per heavy atom. The molecule has 1 fully saturated rings. The number of rotatable bonds is 9. The largest absolute Gasteiger partial charge is 0.494 e. The molecule has 0 aliphatic carbocycles. The molecule has 178 valence electrons. The van der Waals surface area contributed by atoms with Crippen LogP contribution in [0.5, 0.6) is 5.75 Å². The predicted octanol–water partition coefficient (Wildman–Crippen LogP) is 4.34. The highest BCUT2D eigenvalue weighted by molar-refractivity contribution is 6.31. The monoisotopic (exact) mass is 475 g/mol. The Balaban J connectivity index is 1.43. The van der Waals surface area contributed by atoms with Gasteiger partial charge >= 0.3 is 0 Å². The Kier molecular flexibility index (Phi) is 9.09. The van der Waals surface area contributed by atoms with Gasteiger partial charge < -0.3 is 15.4 Å². The quantitative estimate of drug-likeness (QED) is 0.529. The standard InChI is InChI=1S/C25H31ClFN3O3/c1-17(19-4-7-22(8-5-19)33-15-3-12-28-18(2)31)30-13-10-21(11-14-30)29-25(32)20-6-9-24(27)23(26)16-20/h4-9,16-17,21H,3,10-15H2,1-2H3,(H,28,31)(H,29,32). The Bertz CT molecular complexity index is 946. The number of ether oxygens (including phenoxy) is 1. The topological polar surface area (TPSA) is 70.7 Å². The van der Waals surface area contributed by atoms with Gasteiger partial charge in [-0.2, -0.15) is 0 Å². The van der Waals surface area contributed by atoms with Crippen LogP contribution in [0.25, 0.3) is 0 Å². The second-order valence-corrected chi connectivity index (χ2v) is 8.75. The first-order valence-electron chi connectivity index (χ1n) is 11.3. The number of carbonyl (C=O) groups excluding carboxylic acids is 2. The van der Waals surface area contributed by atoms with E-state index in [-0.39, 0.29) is 28.9 Å². The van der Waals surface area contributed by atoms with Crippen LogP contribution < -0.4 is 15.4 Å². The van der Waals surface area contributed by atoms with Crippen LogP contribution in [0.2, 0.25) is 5.02 Å². The third kappa shape index (κ3) is 7.44. The predicted molar refractivity (Wildman–Crippen MR) is 127 cm³/mol. The van der Waals surface area contributed by atoms with Crippen molar-refractivity contribution in [1.29, 1.82) is 0 Å². The van der Waals surface area contributed by atoms with Crippen LogP contribution in [0.3, 0.4) is 0 Å². The van der Waals surface area contributed by atoms with Crippen LogP contribution in [0, 0.1) is 5.82 Å². The molecule has 0 radical (unpaired) electrons. The lowest BCUT2D eigenvalue weighted by molar-refractivity contribution is -0.118. The third-order valence-corrected chi connectivity index (χ3v) is 6.21. The fourth-order valence-corrected chi connectivity index (χ4v) is 4.10. The van der Waals surface area contributed by atoms with Gasteiger partial charge in [-0.25, -0.2) is 4.39 Å². The van der Waals surface area contributed by atoms with E-state index < -0.39 is 5.82 Å². The second-order valence-electron chi connectivity index (χ2n) is 8.34. The first-order chi connectivity index (χ1) is 15.8. The number of likely N-dealkylation sites (tertiary alicyclic amines) is 1. The summed E-state index contributed by atoms with van der Waals surface area (Å²) in [6.07, 6.45) is 2.46. The minimum Gasteiger partial charge on any atom is -0.494 e. The number of hydrogen-bond acceptors (Lipinski definition) is 4. The van der Waals surface area contributed by atoms with Crippen molar-refractivity contribution in [3.05, 3.63) is 64.4 Å². The molecule has 1 aliphatic heterocycles. The van der Waals surface area contributed by atoms with Gasteiger partial charge in [0, 0.05) is 44.2 Å². The van der Waals surface area contributed by atoms with Crippen molar-refractivity contribution in [3.63, 3.8) is 0 Å². The van der Waals surface area contributed by atoms with Crippen LogP contribution in [-0.4, -0.2) is 49.0 Å². The van der Waals surface area contributed by atoms with Crippen LogP contribution in [0.4, 0.5) is 4.39 Å². The number of benzene rings is 2. The number of amides is 2. The molecule has 2 aromatic rings. The highest BCUT2D eigenvalue weighted by Gasteiger charge is 2.25. The molecule has 1 saturated heterocycles. The van der Waals surface area contributed by atoms with Crippen molar-refractivity contribution < 1.29 is 18.7 Å². The van der Waals surface area contributed by atoms with Crippen molar-refractivity contribution in [2.24, 2.45) is 0 Å². The van der Waals surface area contributed by atoms with Gasteiger partial charge in [-0.05, 0) is 62.1 Å². The second kappa shape index (κ2) is 12.0. The normalized spacial score (nSPS) is 15.6. The summed E-state index contributed by atoms with van der Waals surface area (Å²) in [5.41, 5.74) is 1.58. The molecule has 6 nitrogen and oxygen atoms in total. The van der Waals surface area contributed by atoms with Gasteiger partial charge in [0.2, 0.25) is 5.91 Å². The highest BCUT2D eigenvalue weighted by Crippen LogP contribution is 2.26. The maximum Gasteiger partial charge on any atom is 0.251 e. The van der Waals surface area contributed by atoms with E-state index in [2.05, 4.69) is 34.6 Å². The average molecular weight is 476 g/mol. The summed E-state index contributed by atoms with van der Waals surface area (Å²) in [7, 11) is 0. The molecule has 3 rings (SSSR count). The molecule has 1 atom stereocenters. The first kappa shape index (κ1) is 25.0. The van der Waals surface area contributed by atoms with Crippen LogP contribution in [-0.2, 0) is 4.79 Å². The van der Waals surface area contributed by atoms with Gasteiger partial charge in [-0.3, -0.25) is 14.5 Å². The summed E-state index contributed by atoms with van der Waals surface area (Å²) >= 11 is 5.79. The minimum atomic E-state index is -0.530. The number of nitrogens with zero attached hydrogens (tertiary/aromatic N) is 1. The van der Waals surface area contributed by atoms with Crippen molar-refractivity contribution >= 4 is 23.4 Å². The number of piperidine rings is 1. The van der Waals surface area contributed by atoms with E-state index in [1.54, 1.807) is 0 Å². The van der Waals surface area contributed by atoms with Crippen molar-refractivity contribution in [2.75, 3.05) is 26.2 Å². The fourth-order valence-electron chi connectivity index (χ4n) is 3.92. The molecule has 1 unspecified atom stereocenters. The molecule has 1 aliphatic rings. The summed E-state index contributed by atoms with van der Waals surface area (Å²) < 4.78 is 19.1. The van der Waals surface area contributed by atoms with E-state index in [1.807, 2.05) is 12.1 Å². The van der Waals surface area contributed by atoms with Gasteiger partial charge in [0.05, 0.1) is 11.6 Å². The summed E-state index contributed by atoms with van der Waals surface area (Å²) in [6.45, 7) is 6.60. The Labute approximate surface area is 199 Å². The number of halogens is 2. The molecular weight excluding hydrogens is 445 g/mol. The zero-order valence-corrected chi connectivity index (χ0v) is 19.8. The first-order valence-corrected chi connectivity index (χ1v) is 11.7. The van der Waals surface area contributed by atoms with Crippen molar-refractivity contribution in [2.45, 2.75) is 45.2 Å². The maximum absolute atomic E-state index is 13.3. The maximum atomic E-state index is 13.3. The molecule has 1 heterocycles. The summed E-state index contributed by atoms with van der Waals surface area (Å²) in [5, 5.41) is 5.74. The third-order valence-electron chi connectivity index (χ3n) is 5.92. The number of nitrogens with one attached hydrogen (secondary N) is 2. The van der Waals surface area contributed by atoms with Gasteiger partial charge in [0.1, 0.15) is 11.6 Å².